The first-order chi connectivity index (χ1) is 8.25. The van der Waals surface area contributed by atoms with Crippen LogP contribution in [0.2, 0.25) is 0 Å². The van der Waals surface area contributed by atoms with Crippen LogP contribution >= 0.6 is 0 Å². The molecule has 0 aromatic heterocycles. The second-order valence-corrected chi connectivity index (χ2v) is 4.71. The average Bonchev–Trinajstić information content (AvgIpc) is 2.40. The van der Waals surface area contributed by atoms with Crippen molar-refractivity contribution in [1.82, 2.24) is 0 Å². The molecule has 0 aliphatic heterocycles. The Bertz CT molecular complexity index is 359. The molecule has 0 saturated carbocycles. The molecular weight excluding hydrogens is 206 g/mol. The van der Waals surface area contributed by atoms with E-state index >= 15 is 0 Å². The molecule has 1 aromatic rings. The lowest BCUT2D eigenvalue weighted by molar-refractivity contribution is 0.298. The Labute approximate surface area is 105 Å². The van der Waals surface area contributed by atoms with Gasteiger partial charge in [-0.2, -0.15) is 5.26 Å². The fourth-order valence-electron chi connectivity index (χ4n) is 2.91. The first-order valence-electron chi connectivity index (χ1n) is 6.71. The predicted octanol–water partition coefficient (Wildman–Crippen LogP) is 4.68. The maximum atomic E-state index is 9.74. The van der Waals surface area contributed by atoms with E-state index in [9.17, 15) is 5.26 Å². The van der Waals surface area contributed by atoms with Gasteiger partial charge >= 0.3 is 0 Å². The number of benzene rings is 1. The molecule has 0 aliphatic carbocycles. The molecule has 1 nitrogen and oxygen atoms in total. The van der Waals surface area contributed by atoms with Crippen LogP contribution in [0.4, 0.5) is 0 Å². The molecule has 0 fully saturated rings. The van der Waals surface area contributed by atoms with Crippen molar-refractivity contribution in [2.24, 2.45) is 5.92 Å². The Hall–Kier alpha value is -1.29. The molecule has 17 heavy (non-hydrogen) atoms. The van der Waals surface area contributed by atoms with Crippen molar-refractivity contribution in [2.75, 3.05) is 0 Å². The van der Waals surface area contributed by atoms with Crippen LogP contribution < -0.4 is 0 Å². The van der Waals surface area contributed by atoms with Gasteiger partial charge < -0.3 is 0 Å². The second kappa shape index (κ2) is 6.45. The molecule has 92 valence electrons. The molecule has 1 heteroatoms. The van der Waals surface area contributed by atoms with Gasteiger partial charge in [-0.25, -0.2) is 0 Å². The highest BCUT2D eigenvalue weighted by atomic mass is 14.4. The highest BCUT2D eigenvalue weighted by Crippen LogP contribution is 2.39. The fourth-order valence-corrected chi connectivity index (χ4v) is 2.91. The van der Waals surface area contributed by atoms with Gasteiger partial charge in [0.05, 0.1) is 11.5 Å². The van der Waals surface area contributed by atoms with Crippen molar-refractivity contribution in [1.29, 1.82) is 5.26 Å². The van der Waals surface area contributed by atoms with Crippen LogP contribution in [0.5, 0.6) is 0 Å². The van der Waals surface area contributed by atoms with E-state index in [0.717, 1.165) is 25.7 Å². The Balaban J connectivity index is 3.23. The SMILES string of the molecule is CCCC(C#N)(c1ccccc1)C(CC)CC. The molecule has 0 spiro atoms. The van der Waals surface area contributed by atoms with Crippen molar-refractivity contribution in [3.8, 4) is 6.07 Å². The summed E-state index contributed by atoms with van der Waals surface area (Å²) in [5, 5.41) is 9.74. The number of nitriles is 1. The molecule has 0 N–H and O–H groups in total. The first kappa shape index (κ1) is 13.8. The molecule has 0 aliphatic rings. The highest BCUT2D eigenvalue weighted by molar-refractivity contribution is 5.33. The lowest BCUT2D eigenvalue weighted by Crippen LogP contribution is -2.33. The maximum Gasteiger partial charge on any atom is 0.0850 e. The third kappa shape index (κ3) is 2.69. The number of rotatable bonds is 6. The van der Waals surface area contributed by atoms with Crippen LogP contribution in [0, 0.1) is 17.2 Å². The van der Waals surface area contributed by atoms with Crippen molar-refractivity contribution >= 4 is 0 Å². The van der Waals surface area contributed by atoms with Crippen LogP contribution in [0.25, 0.3) is 0 Å². The minimum Gasteiger partial charge on any atom is -0.197 e. The van der Waals surface area contributed by atoms with Gasteiger partial charge in [0.25, 0.3) is 0 Å². The van der Waals surface area contributed by atoms with E-state index in [1.807, 2.05) is 18.2 Å². The Morgan fingerprint density at radius 3 is 2.12 bits per heavy atom. The third-order valence-corrected chi connectivity index (χ3v) is 3.82. The van der Waals surface area contributed by atoms with E-state index in [1.165, 1.54) is 5.56 Å². The minimum atomic E-state index is -0.292. The van der Waals surface area contributed by atoms with Gasteiger partial charge in [-0.3, -0.25) is 0 Å². The Morgan fingerprint density at radius 2 is 1.71 bits per heavy atom. The van der Waals surface area contributed by atoms with Gasteiger partial charge in [-0.15, -0.1) is 0 Å². The predicted molar refractivity (Wildman–Crippen MR) is 72.7 cm³/mol. The first-order valence-corrected chi connectivity index (χ1v) is 6.71. The molecule has 0 amide bonds. The zero-order chi connectivity index (χ0) is 12.7. The van der Waals surface area contributed by atoms with Crippen LogP contribution in [0.1, 0.15) is 52.0 Å². The normalized spacial score (nSPS) is 14.3. The zero-order valence-electron chi connectivity index (χ0n) is 11.2. The van der Waals surface area contributed by atoms with Crippen molar-refractivity contribution in [2.45, 2.75) is 51.9 Å². The van der Waals surface area contributed by atoms with Gasteiger partial charge in [-0.05, 0) is 17.9 Å². The summed E-state index contributed by atoms with van der Waals surface area (Å²) in [6.07, 6.45) is 4.15. The van der Waals surface area contributed by atoms with Crippen LogP contribution in [-0.4, -0.2) is 0 Å². The van der Waals surface area contributed by atoms with Crippen LogP contribution in [0.15, 0.2) is 30.3 Å². The summed E-state index contributed by atoms with van der Waals surface area (Å²) in [6.45, 7) is 6.55. The van der Waals surface area contributed by atoms with Gasteiger partial charge in [0, 0.05) is 0 Å². The Kier molecular flexibility index (Phi) is 5.22. The second-order valence-electron chi connectivity index (χ2n) is 4.71. The topological polar surface area (TPSA) is 23.8 Å². The van der Waals surface area contributed by atoms with Crippen molar-refractivity contribution in [3.63, 3.8) is 0 Å². The third-order valence-electron chi connectivity index (χ3n) is 3.82. The van der Waals surface area contributed by atoms with E-state index in [0.29, 0.717) is 5.92 Å². The summed E-state index contributed by atoms with van der Waals surface area (Å²) in [6, 6.07) is 13.0. The fraction of sp³-hybridized carbons (Fsp3) is 0.562. The van der Waals surface area contributed by atoms with E-state index in [-0.39, 0.29) is 5.41 Å². The molecule has 1 aromatic carbocycles. The quantitative estimate of drug-likeness (QED) is 0.694. The van der Waals surface area contributed by atoms with Crippen LogP contribution in [0.3, 0.4) is 0 Å². The summed E-state index contributed by atoms with van der Waals surface area (Å²) >= 11 is 0. The molecule has 0 heterocycles. The monoisotopic (exact) mass is 229 g/mol. The van der Waals surface area contributed by atoms with E-state index in [2.05, 4.69) is 39.0 Å². The Morgan fingerprint density at radius 1 is 1.12 bits per heavy atom. The zero-order valence-corrected chi connectivity index (χ0v) is 11.2. The highest BCUT2D eigenvalue weighted by Gasteiger charge is 2.37. The molecular formula is C16H23N. The van der Waals surface area contributed by atoms with Crippen LogP contribution in [-0.2, 0) is 5.41 Å². The lowest BCUT2D eigenvalue weighted by atomic mass is 9.66. The van der Waals surface area contributed by atoms with Gasteiger partial charge in [0.2, 0.25) is 0 Å². The summed E-state index contributed by atoms with van der Waals surface area (Å²) in [4.78, 5) is 0. The molecule has 1 rings (SSSR count). The summed E-state index contributed by atoms with van der Waals surface area (Å²) in [7, 11) is 0. The van der Waals surface area contributed by atoms with Crippen molar-refractivity contribution < 1.29 is 0 Å². The molecule has 0 bridgehead atoms. The van der Waals surface area contributed by atoms with Gasteiger partial charge in [-0.1, -0.05) is 70.4 Å². The standard InChI is InChI=1S/C16H23N/c1-4-12-16(13-17,14(5-2)6-3)15-10-8-7-9-11-15/h7-11,14H,4-6,12H2,1-3H3. The van der Waals surface area contributed by atoms with E-state index in [4.69, 9.17) is 0 Å². The van der Waals surface area contributed by atoms with E-state index < -0.39 is 0 Å². The minimum absolute atomic E-state index is 0.292. The van der Waals surface area contributed by atoms with Crippen molar-refractivity contribution in [3.05, 3.63) is 35.9 Å². The van der Waals surface area contributed by atoms with E-state index in [1.54, 1.807) is 0 Å². The molecule has 0 saturated heterocycles. The number of hydrogen-bond donors (Lipinski definition) is 0. The number of hydrogen-bond acceptors (Lipinski definition) is 1. The molecule has 1 unspecified atom stereocenters. The summed E-state index contributed by atoms with van der Waals surface area (Å²) in [5.74, 6) is 0.454. The smallest absolute Gasteiger partial charge is 0.0850 e. The number of nitrogens with zero attached hydrogens (tertiary/aromatic N) is 1. The summed E-state index contributed by atoms with van der Waals surface area (Å²) < 4.78 is 0. The molecule has 1 atom stereocenters. The van der Waals surface area contributed by atoms with Gasteiger partial charge in [0.1, 0.15) is 0 Å². The van der Waals surface area contributed by atoms with Gasteiger partial charge in [0.15, 0.2) is 0 Å². The maximum absolute atomic E-state index is 9.74. The summed E-state index contributed by atoms with van der Waals surface area (Å²) in [5.41, 5.74) is 0.900. The lowest BCUT2D eigenvalue weighted by Gasteiger charge is -2.34. The largest absolute Gasteiger partial charge is 0.197 e. The molecule has 0 radical (unpaired) electrons. The average molecular weight is 229 g/mol.